The summed E-state index contributed by atoms with van der Waals surface area (Å²) in [6.45, 7) is 6.56. The van der Waals surface area contributed by atoms with Gasteiger partial charge in [0.15, 0.2) is 0 Å². The SMILES string of the molecule is CCN1CCN(C(=O)c2cc(S)ccc2Cl)CC1. The Bertz CT molecular complexity index is 445. The molecule has 5 heteroatoms. The first-order chi connectivity index (χ1) is 8.61. The Balaban J connectivity index is 2.10. The van der Waals surface area contributed by atoms with Gasteiger partial charge in [-0.2, -0.15) is 0 Å². The summed E-state index contributed by atoms with van der Waals surface area (Å²) in [7, 11) is 0. The minimum Gasteiger partial charge on any atom is -0.336 e. The highest BCUT2D eigenvalue weighted by atomic mass is 35.5. The molecule has 1 heterocycles. The Morgan fingerprint density at radius 1 is 1.33 bits per heavy atom. The summed E-state index contributed by atoms with van der Waals surface area (Å²) < 4.78 is 0. The van der Waals surface area contributed by atoms with Crippen molar-refractivity contribution in [2.24, 2.45) is 0 Å². The molecular weight excluding hydrogens is 268 g/mol. The zero-order chi connectivity index (χ0) is 13.1. The van der Waals surface area contributed by atoms with Crippen molar-refractivity contribution in [3.8, 4) is 0 Å². The van der Waals surface area contributed by atoms with Crippen molar-refractivity contribution in [3.05, 3.63) is 28.8 Å². The van der Waals surface area contributed by atoms with Crippen LogP contribution in [0.3, 0.4) is 0 Å². The molecule has 0 unspecified atom stereocenters. The number of nitrogens with zero attached hydrogens (tertiary/aromatic N) is 2. The van der Waals surface area contributed by atoms with Crippen molar-refractivity contribution in [2.75, 3.05) is 32.7 Å². The molecule has 1 fully saturated rings. The maximum atomic E-state index is 12.4. The molecule has 0 atom stereocenters. The van der Waals surface area contributed by atoms with E-state index in [0.717, 1.165) is 37.6 Å². The summed E-state index contributed by atoms with van der Waals surface area (Å²) >= 11 is 10.3. The lowest BCUT2D eigenvalue weighted by molar-refractivity contribution is 0.0643. The first-order valence-electron chi connectivity index (χ1n) is 6.12. The van der Waals surface area contributed by atoms with Crippen LogP contribution in [0.5, 0.6) is 0 Å². The standard InChI is InChI=1S/C13H17ClN2OS/c1-2-15-5-7-16(8-6-15)13(17)11-9-10(18)3-4-12(11)14/h3-4,9,18H,2,5-8H2,1H3. The predicted octanol–water partition coefficient (Wildman–Crippen LogP) is 2.41. The Kier molecular flexibility index (Phi) is 4.54. The van der Waals surface area contributed by atoms with Crippen molar-refractivity contribution in [3.63, 3.8) is 0 Å². The fourth-order valence-corrected chi connectivity index (χ4v) is 2.52. The zero-order valence-electron chi connectivity index (χ0n) is 10.4. The van der Waals surface area contributed by atoms with Crippen LogP contribution >= 0.6 is 24.2 Å². The minimum atomic E-state index is 0.00616. The van der Waals surface area contributed by atoms with Crippen molar-refractivity contribution in [1.29, 1.82) is 0 Å². The lowest BCUT2D eigenvalue weighted by Gasteiger charge is -2.34. The fraction of sp³-hybridized carbons (Fsp3) is 0.462. The highest BCUT2D eigenvalue weighted by Crippen LogP contribution is 2.21. The van der Waals surface area contributed by atoms with E-state index in [9.17, 15) is 4.79 Å². The van der Waals surface area contributed by atoms with Crippen molar-refractivity contribution in [2.45, 2.75) is 11.8 Å². The van der Waals surface area contributed by atoms with Crippen LogP contribution in [0, 0.1) is 0 Å². The van der Waals surface area contributed by atoms with Gasteiger partial charge in [-0.25, -0.2) is 0 Å². The number of hydrogen-bond acceptors (Lipinski definition) is 3. The molecule has 98 valence electrons. The second kappa shape index (κ2) is 5.95. The smallest absolute Gasteiger partial charge is 0.255 e. The van der Waals surface area contributed by atoms with Crippen LogP contribution in [0.25, 0.3) is 0 Å². The Hall–Kier alpha value is -0.710. The van der Waals surface area contributed by atoms with E-state index >= 15 is 0 Å². The molecule has 0 saturated carbocycles. The van der Waals surface area contributed by atoms with E-state index in [0.29, 0.717) is 10.6 Å². The summed E-state index contributed by atoms with van der Waals surface area (Å²) in [4.78, 5) is 17.3. The van der Waals surface area contributed by atoms with Crippen LogP contribution in [0.15, 0.2) is 23.1 Å². The third-order valence-electron chi connectivity index (χ3n) is 3.29. The van der Waals surface area contributed by atoms with Gasteiger partial charge in [-0.3, -0.25) is 4.79 Å². The molecular formula is C13H17ClN2OS. The second-order valence-corrected chi connectivity index (χ2v) is 5.31. The number of rotatable bonds is 2. The van der Waals surface area contributed by atoms with Gasteiger partial charge in [0, 0.05) is 31.1 Å². The highest BCUT2D eigenvalue weighted by molar-refractivity contribution is 7.80. The van der Waals surface area contributed by atoms with Gasteiger partial charge in [0.1, 0.15) is 0 Å². The monoisotopic (exact) mass is 284 g/mol. The third kappa shape index (κ3) is 2.99. The topological polar surface area (TPSA) is 23.6 Å². The van der Waals surface area contributed by atoms with Crippen LogP contribution in [0.2, 0.25) is 5.02 Å². The van der Waals surface area contributed by atoms with E-state index in [1.165, 1.54) is 0 Å². The van der Waals surface area contributed by atoms with Gasteiger partial charge in [-0.05, 0) is 24.7 Å². The summed E-state index contributed by atoms with van der Waals surface area (Å²) in [6, 6.07) is 5.25. The molecule has 1 amide bonds. The molecule has 1 aliphatic heterocycles. The maximum absolute atomic E-state index is 12.4. The second-order valence-electron chi connectivity index (χ2n) is 4.39. The number of carbonyl (C=O) groups is 1. The van der Waals surface area contributed by atoms with Gasteiger partial charge < -0.3 is 9.80 Å². The van der Waals surface area contributed by atoms with Crippen LogP contribution in [-0.4, -0.2) is 48.4 Å². The van der Waals surface area contributed by atoms with Gasteiger partial charge in [0.05, 0.1) is 10.6 Å². The lowest BCUT2D eigenvalue weighted by Crippen LogP contribution is -2.48. The van der Waals surface area contributed by atoms with Gasteiger partial charge in [0.25, 0.3) is 5.91 Å². The molecule has 2 rings (SSSR count). The first-order valence-corrected chi connectivity index (χ1v) is 6.94. The van der Waals surface area contributed by atoms with Crippen LogP contribution < -0.4 is 0 Å². The third-order valence-corrected chi connectivity index (χ3v) is 3.89. The number of halogens is 1. The van der Waals surface area contributed by atoms with E-state index in [1.807, 2.05) is 4.90 Å². The molecule has 3 nitrogen and oxygen atoms in total. The number of carbonyl (C=O) groups excluding carboxylic acids is 1. The normalized spacial score (nSPS) is 16.9. The van der Waals surface area contributed by atoms with Gasteiger partial charge in [-0.15, -0.1) is 12.6 Å². The van der Waals surface area contributed by atoms with Gasteiger partial charge in [-0.1, -0.05) is 18.5 Å². The van der Waals surface area contributed by atoms with E-state index in [4.69, 9.17) is 11.6 Å². The molecule has 1 saturated heterocycles. The molecule has 1 aromatic rings. The van der Waals surface area contributed by atoms with Crippen LogP contribution in [0.1, 0.15) is 17.3 Å². The number of likely N-dealkylation sites (N-methyl/N-ethyl adjacent to an activating group) is 1. The van der Waals surface area contributed by atoms with E-state index in [2.05, 4.69) is 24.5 Å². The van der Waals surface area contributed by atoms with E-state index in [-0.39, 0.29) is 5.91 Å². The molecule has 0 bridgehead atoms. The maximum Gasteiger partial charge on any atom is 0.255 e. The number of benzene rings is 1. The number of thiol groups is 1. The average Bonchev–Trinajstić information content (AvgIpc) is 2.41. The average molecular weight is 285 g/mol. The quantitative estimate of drug-likeness (QED) is 0.843. The van der Waals surface area contributed by atoms with Crippen molar-refractivity contribution < 1.29 is 4.79 Å². The van der Waals surface area contributed by atoms with E-state index < -0.39 is 0 Å². The first kappa shape index (κ1) is 13.7. The molecule has 18 heavy (non-hydrogen) atoms. The lowest BCUT2D eigenvalue weighted by atomic mass is 10.2. The largest absolute Gasteiger partial charge is 0.336 e. The highest BCUT2D eigenvalue weighted by Gasteiger charge is 2.22. The minimum absolute atomic E-state index is 0.00616. The van der Waals surface area contributed by atoms with E-state index in [1.54, 1.807) is 18.2 Å². The summed E-state index contributed by atoms with van der Waals surface area (Å²) in [5.41, 5.74) is 0.550. The summed E-state index contributed by atoms with van der Waals surface area (Å²) in [6.07, 6.45) is 0. The Morgan fingerprint density at radius 2 is 2.00 bits per heavy atom. The molecule has 0 spiro atoms. The number of hydrogen-bond donors (Lipinski definition) is 1. The Labute approximate surface area is 118 Å². The fourth-order valence-electron chi connectivity index (χ4n) is 2.11. The van der Waals surface area contributed by atoms with Crippen molar-refractivity contribution >= 4 is 30.1 Å². The molecule has 0 N–H and O–H groups in total. The molecule has 0 radical (unpaired) electrons. The number of amides is 1. The van der Waals surface area contributed by atoms with Crippen molar-refractivity contribution in [1.82, 2.24) is 9.80 Å². The van der Waals surface area contributed by atoms with Crippen LogP contribution in [-0.2, 0) is 0 Å². The Morgan fingerprint density at radius 3 is 2.61 bits per heavy atom. The zero-order valence-corrected chi connectivity index (χ0v) is 12.0. The van der Waals surface area contributed by atoms with Crippen LogP contribution in [0.4, 0.5) is 0 Å². The molecule has 1 aromatic carbocycles. The number of piperazine rings is 1. The summed E-state index contributed by atoms with van der Waals surface area (Å²) in [5, 5.41) is 0.496. The molecule has 1 aliphatic rings. The molecule has 0 aromatic heterocycles. The van der Waals surface area contributed by atoms with Gasteiger partial charge >= 0.3 is 0 Å². The van der Waals surface area contributed by atoms with Gasteiger partial charge in [0.2, 0.25) is 0 Å². The predicted molar refractivity (Wildman–Crippen MR) is 76.7 cm³/mol. The molecule has 0 aliphatic carbocycles. The summed E-state index contributed by atoms with van der Waals surface area (Å²) in [5.74, 6) is 0.00616.